The Morgan fingerprint density at radius 3 is 2.73 bits per heavy atom. The summed E-state index contributed by atoms with van der Waals surface area (Å²) in [5, 5.41) is 0. The van der Waals surface area contributed by atoms with Gasteiger partial charge in [-0.3, -0.25) is 0 Å². The van der Waals surface area contributed by atoms with E-state index in [9.17, 15) is 8.42 Å². The summed E-state index contributed by atoms with van der Waals surface area (Å²) in [6.45, 7) is 0. The fourth-order valence-corrected chi connectivity index (χ4v) is 2.03. The highest BCUT2D eigenvalue weighted by Crippen LogP contribution is 2.22. The number of nitrogens with one attached hydrogen (secondary N) is 1. The summed E-state index contributed by atoms with van der Waals surface area (Å²) < 4.78 is 22.2. The van der Waals surface area contributed by atoms with E-state index in [4.69, 9.17) is 10.7 Å². The van der Waals surface area contributed by atoms with E-state index in [2.05, 4.69) is 9.97 Å². The van der Waals surface area contributed by atoms with Gasteiger partial charge >= 0.3 is 0 Å². The smallest absolute Gasteiger partial charge is 0.261 e. The Labute approximate surface area is 91.3 Å². The zero-order valence-corrected chi connectivity index (χ0v) is 9.09. The van der Waals surface area contributed by atoms with Crippen molar-refractivity contribution in [1.29, 1.82) is 0 Å². The SMILES string of the molecule is O=S(=O)(Cl)c1cccc(-c2cnc[nH]2)c1. The number of H-pyrrole nitrogens is 1. The summed E-state index contributed by atoms with van der Waals surface area (Å²) in [6.07, 6.45) is 3.14. The van der Waals surface area contributed by atoms with Gasteiger partial charge in [0.15, 0.2) is 0 Å². The number of nitrogens with zero attached hydrogens (tertiary/aromatic N) is 1. The minimum absolute atomic E-state index is 0.0799. The first-order valence-corrected chi connectivity index (χ1v) is 6.42. The molecule has 1 aromatic carbocycles. The Morgan fingerprint density at radius 2 is 2.13 bits per heavy atom. The van der Waals surface area contributed by atoms with Crippen LogP contribution >= 0.6 is 10.7 Å². The molecule has 0 spiro atoms. The summed E-state index contributed by atoms with van der Waals surface area (Å²) in [4.78, 5) is 6.82. The van der Waals surface area contributed by atoms with Gasteiger partial charge in [-0.2, -0.15) is 0 Å². The van der Waals surface area contributed by atoms with Gasteiger partial charge in [-0.1, -0.05) is 12.1 Å². The highest BCUT2D eigenvalue weighted by Gasteiger charge is 2.10. The number of rotatable bonds is 2. The highest BCUT2D eigenvalue weighted by molar-refractivity contribution is 8.13. The van der Waals surface area contributed by atoms with E-state index in [1.165, 1.54) is 18.5 Å². The van der Waals surface area contributed by atoms with Crippen LogP contribution in [0, 0.1) is 0 Å². The highest BCUT2D eigenvalue weighted by atomic mass is 35.7. The van der Waals surface area contributed by atoms with Gasteiger partial charge in [-0.05, 0) is 12.1 Å². The maximum absolute atomic E-state index is 11.1. The number of hydrogen-bond donors (Lipinski definition) is 1. The molecule has 15 heavy (non-hydrogen) atoms. The Hall–Kier alpha value is -1.33. The van der Waals surface area contributed by atoms with Gasteiger partial charge in [-0.15, -0.1) is 0 Å². The molecule has 0 radical (unpaired) electrons. The molecule has 0 bridgehead atoms. The van der Waals surface area contributed by atoms with Crippen molar-refractivity contribution in [2.24, 2.45) is 0 Å². The Balaban J connectivity index is 2.53. The van der Waals surface area contributed by atoms with Crippen LogP contribution in [0.5, 0.6) is 0 Å². The Bertz CT molecular complexity index is 564. The van der Waals surface area contributed by atoms with Crippen LogP contribution in [0.15, 0.2) is 41.7 Å². The molecule has 0 aliphatic carbocycles. The molecule has 6 heteroatoms. The molecular weight excluding hydrogens is 236 g/mol. The van der Waals surface area contributed by atoms with Crippen LogP contribution in [0.25, 0.3) is 11.3 Å². The lowest BCUT2D eigenvalue weighted by atomic mass is 10.2. The molecule has 0 saturated carbocycles. The van der Waals surface area contributed by atoms with Gasteiger partial charge in [0.05, 0.1) is 23.1 Å². The molecule has 1 heterocycles. The van der Waals surface area contributed by atoms with Crippen LogP contribution in [-0.4, -0.2) is 18.4 Å². The Morgan fingerprint density at radius 1 is 1.33 bits per heavy atom. The third kappa shape index (κ3) is 2.19. The number of aromatic nitrogens is 2. The summed E-state index contributed by atoms with van der Waals surface area (Å²) >= 11 is 0. The van der Waals surface area contributed by atoms with Crippen molar-refractivity contribution in [1.82, 2.24) is 9.97 Å². The van der Waals surface area contributed by atoms with E-state index in [0.29, 0.717) is 0 Å². The van der Waals surface area contributed by atoms with Crippen LogP contribution < -0.4 is 0 Å². The molecule has 1 aromatic heterocycles. The van der Waals surface area contributed by atoms with Crippen molar-refractivity contribution in [3.05, 3.63) is 36.8 Å². The number of aromatic amines is 1. The third-order valence-electron chi connectivity index (χ3n) is 1.92. The maximum atomic E-state index is 11.1. The molecule has 0 unspecified atom stereocenters. The van der Waals surface area contributed by atoms with Crippen LogP contribution in [0.4, 0.5) is 0 Å². The van der Waals surface area contributed by atoms with Gasteiger partial charge in [0, 0.05) is 16.2 Å². The van der Waals surface area contributed by atoms with Crippen LogP contribution in [0.3, 0.4) is 0 Å². The fourth-order valence-electron chi connectivity index (χ4n) is 1.23. The largest absolute Gasteiger partial charge is 0.345 e. The Kier molecular flexibility index (Phi) is 2.50. The number of imidazole rings is 1. The molecule has 2 rings (SSSR count). The molecule has 0 saturated heterocycles. The summed E-state index contributed by atoms with van der Waals surface area (Å²) in [7, 11) is 1.56. The predicted molar refractivity (Wildman–Crippen MR) is 57.1 cm³/mol. The summed E-state index contributed by atoms with van der Waals surface area (Å²) in [5.41, 5.74) is 1.48. The minimum atomic E-state index is -3.68. The second-order valence-corrected chi connectivity index (χ2v) is 5.50. The number of benzene rings is 1. The van der Waals surface area contributed by atoms with E-state index in [1.54, 1.807) is 18.3 Å². The van der Waals surface area contributed by atoms with E-state index in [0.717, 1.165) is 11.3 Å². The summed E-state index contributed by atoms with van der Waals surface area (Å²) in [6, 6.07) is 6.35. The molecular formula is C9H7ClN2O2S. The van der Waals surface area contributed by atoms with Gasteiger partial charge < -0.3 is 4.98 Å². The first kappa shape index (κ1) is 10.2. The molecule has 0 fully saturated rings. The zero-order valence-electron chi connectivity index (χ0n) is 7.51. The van der Waals surface area contributed by atoms with Gasteiger partial charge in [0.2, 0.25) is 0 Å². The van der Waals surface area contributed by atoms with Crippen LogP contribution in [0.1, 0.15) is 0 Å². The average Bonchev–Trinajstić information content (AvgIpc) is 2.69. The van der Waals surface area contributed by atoms with Crippen molar-refractivity contribution in [2.75, 3.05) is 0 Å². The van der Waals surface area contributed by atoms with Crippen LogP contribution in [-0.2, 0) is 9.05 Å². The molecule has 0 amide bonds. The van der Waals surface area contributed by atoms with Crippen molar-refractivity contribution in [3.63, 3.8) is 0 Å². The predicted octanol–water partition coefficient (Wildman–Crippen LogP) is 2.00. The molecule has 0 atom stereocenters. The molecule has 0 aliphatic rings. The fraction of sp³-hybridized carbons (Fsp3) is 0. The lowest BCUT2D eigenvalue weighted by Crippen LogP contribution is -1.90. The normalized spacial score (nSPS) is 11.5. The van der Waals surface area contributed by atoms with Crippen molar-refractivity contribution < 1.29 is 8.42 Å². The molecule has 2 aromatic rings. The molecule has 78 valence electrons. The first-order valence-electron chi connectivity index (χ1n) is 4.11. The second-order valence-electron chi connectivity index (χ2n) is 2.93. The zero-order chi connectivity index (χ0) is 10.9. The van der Waals surface area contributed by atoms with Crippen molar-refractivity contribution >= 4 is 19.7 Å². The number of halogens is 1. The molecule has 4 nitrogen and oxygen atoms in total. The van der Waals surface area contributed by atoms with Crippen molar-refractivity contribution in [2.45, 2.75) is 4.90 Å². The van der Waals surface area contributed by atoms with E-state index in [-0.39, 0.29) is 4.90 Å². The van der Waals surface area contributed by atoms with Gasteiger partial charge in [0.1, 0.15) is 0 Å². The summed E-state index contributed by atoms with van der Waals surface area (Å²) in [5.74, 6) is 0. The van der Waals surface area contributed by atoms with Gasteiger partial charge in [-0.25, -0.2) is 13.4 Å². The lowest BCUT2D eigenvalue weighted by molar-refractivity contribution is 0.609. The quantitative estimate of drug-likeness (QED) is 0.820. The van der Waals surface area contributed by atoms with Crippen molar-refractivity contribution in [3.8, 4) is 11.3 Å². The molecule has 1 N–H and O–H groups in total. The topological polar surface area (TPSA) is 62.8 Å². The molecule has 0 aliphatic heterocycles. The monoisotopic (exact) mass is 242 g/mol. The number of hydrogen-bond acceptors (Lipinski definition) is 3. The van der Waals surface area contributed by atoms with E-state index < -0.39 is 9.05 Å². The average molecular weight is 243 g/mol. The second kappa shape index (κ2) is 3.67. The lowest BCUT2D eigenvalue weighted by Gasteiger charge is -1.99. The minimum Gasteiger partial charge on any atom is -0.345 e. The third-order valence-corrected chi connectivity index (χ3v) is 3.28. The van der Waals surface area contributed by atoms with E-state index >= 15 is 0 Å². The standard InChI is InChI=1S/C9H7ClN2O2S/c10-15(13,14)8-3-1-2-7(4-8)9-5-11-6-12-9/h1-6H,(H,11,12). The van der Waals surface area contributed by atoms with Gasteiger partial charge in [0.25, 0.3) is 9.05 Å². The van der Waals surface area contributed by atoms with E-state index in [1.807, 2.05) is 0 Å². The van der Waals surface area contributed by atoms with Crippen LogP contribution in [0.2, 0.25) is 0 Å². The maximum Gasteiger partial charge on any atom is 0.261 e. The first-order chi connectivity index (χ1) is 7.07.